The van der Waals surface area contributed by atoms with Crippen molar-refractivity contribution in [3.63, 3.8) is 0 Å². The number of nitrogens with zero attached hydrogens (tertiary/aromatic N) is 2. The Bertz CT molecular complexity index is 941. The van der Waals surface area contributed by atoms with Crippen molar-refractivity contribution in [1.82, 2.24) is 4.90 Å². The number of aryl methyl sites for hydroxylation is 1. The summed E-state index contributed by atoms with van der Waals surface area (Å²) in [5.74, 6) is -0.418. The van der Waals surface area contributed by atoms with Gasteiger partial charge in [0.15, 0.2) is 0 Å². The van der Waals surface area contributed by atoms with Crippen LogP contribution in [0.3, 0.4) is 0 Å². The Balaban J connectivity index is 1.84. The molecule has 0 saturated carbocycles. The molecule has 0 aromatic heterocycles. The number of amides is 2. The number of benzene rings is 2. The van der Waals surface area contributed by atoms with Crippen LogP contribution in [0.15, 0.2) is 47.4 Å². The van der Waals surface area contributed by atoms with Gasteiger partial charge in [0.2, 0.25) is 0 Å². The van der Waals surface area contributed by atoms with Crippen LogP contribution in [0.25, 0.3) is 6.08 Å². The fourth-order valence-corrected chi connectivity index (χ4v) is 3.44. The molecule has 3 rings (SSSR count). The summed E-state index contributed by atoms with van der Waals surface area (Å²) in [5.41, 5.74) is 1.78. The smallest absolute Gasteiger partial charge is 0.268 e. The molecule has 0 atom stereocenters. The van der Waals surface area contributed by atoms with Crippen LogP contribution in [0.2, 0.25) is 5.02 Å². The highest BCUT2D eigenvalue weighted by atomic mass is 35.5. The fraction of sp³-hybridized carbons (Fsp3) is 0.111. The van der Waals surface area contributed by atoms with E-state index in [-0.39, 0.29) is 22.4 Å². The van der Waals surface area contributed by atoms with Gasteiger partial charge in [0.05, 0.1) is 16.4 Å². The lowest BCUT2D eigenvalue weighted by Gasteiger charge is -2.12. The van der Waals surface area contributed by atoms with Gasteiger partial charge in [-0.25, -0.2) is 0 Å². The molecule has 26 heavy (non-hydrogen) atoms. The first kappa shape index (κ1) is 18.2. The van der Waals surface area contributed by atoms with Crippen LogP contribution in [-0.4, -0.2) is 21.0 Å². The number of halogens is 1. The molecule has 8 heteroatoms. The summed E-state index contributed by atoms with van der Waals surface area (Å²) in [6.07, 6.45) is 1.50. The number of thioether (sulfide) groups is 1. The molecule has 2 amide bonds. The zero-order valence-electron chi connectivity index (χ0n) is 13.6. The third-order valence-corrected chi connectivity index (χ3v) is 5.01. The van der Waals surface area contributed by atoms with Crippen LogP contribution in [0.4, 0.5) is 10.5 Å². The van der Waals surface area contributed by atoms with E-state index in [1.807, 2.05) is 0 Å². The number of imide groups is 1. The maximum absolute atomic E-state index is 12.5. The van der Waals surface area contributed by atoms with Crippen LogP contribution in [0.1, 0.15) is 16.7 Å². The lowest BCUT2D eigenvalue weighted by molar-refractivity contribution is -0.385. The highest BCUT2D eigenvalue weighted by molar-refractivity contribution is 8.18. The first-order valence-corrected chi connectivity index (χ1v) is 8.79. The first-order valence-electron chi connectivity index (χ1n) is 7.60. The van der Waals surface area contributed by atoms with Gasteiger partial charge in [-0.3, -0.25) is 24.6 Å². The molecule has 6 nitrogen and oxygen atoms in total. The van der Waals surface area contributed by atoms with E-state index in [1.54, 1.807) is 43.3 Å². The van der Waals surface area contributed by atoms with Gasteiger partial charge >= 0.3 is 0 Å². The van der Waals surface area contributed by atoms with E-state index in [4.69, 9.17) is 11.6 Å². The van der Waals surface area contributed by atoms with Crippen molar-refractivity contribution in [2.45, 2.75) is 13.5 Å². The standard InChI is InChI=1S/C18H13ClN2O4S/c1-11-2-3-13(8-15(11)21(24)25)9-16-17(22)20(18(23)26-16)10-12-4-6-14(19)7-5-12/h2-9H,10H2,1H3/b16-9+. The van der Waals surface area contributed by atoms with E-state index >= 15 is 0 Å². The predicted octanol–water partition coefficient (Wildman–Crippen LogP) is 4.79. The molecule has 1 aliphatic heterocycles. The average Bonchev–Trinajstić information content (AvgIpc) is 2.85. The van der Waals surface area contributed by atoms with Gasteiger partial charge in [0.25, 0.3) is 16.8 Å². The molecule has 2 aromatic rings. The van der Waals surface area contributed by atoms with E-state index in [0.717, 1.165) is 22.2 Å². The summed E-state index contributed by atoms with van der Waals surface area (Å²) in [6, 6.07) is 11.6. The lowest BCUT2D eigenvalue weighted by atomic mass is 10.1. The quantitative estimate of drug-likeness (QED) is 0.427. The number of carbonyl (C=O) groups excluding carboxylic acids is 2. The highest BCUT2D eigenvalue weighted by Gasteiger charge is 2.35. The summed E-state index contributed by atoms with van der Waals surface area (Å²) in [6.45, 7) is 1.79. The summed E-state index contributed by atoms with van der Waals surface area (Å²) < 4.78 is 0. The van der Waals surface area contributed by atoms with Crippen molar-refractivity contribution in [3.05, 3.63) is 79.2 Å². The van der Waals surface area contributed by atoms with Crippen molar-refractivity contribution in [2.24, 2.45) is 0 Å². The molecule has 132 valence electrons. The van der Waals surface area contributed by atoms with E-state index in [9.17, 15) is 19.7 Å². The van der Waals surface area contributed by atoms with Crippen molar-refractivity contribution in [1.29, 1.82) is 0 Å². The van der Waals surface area contributed by atoms with Gasteiger partial charge in [-0.05, 0) is 48.0 Å². The van der Waals surface area contributed by atoms with Gasteiger partial charge in [-0.15, -0.1) is 0 Å². The van der Waals surface area contributed by atoms with Gasteiger partial charge in [-0.1, -0.05) is 35.9 Å². The van der Waals surface area contributed by atoms with E-state index < -0.39 is 10.8 Å². The number of hydrogen-bond acceptors (Lipinski definition) is 5. The molecule has 1 aliphatic rings. The van der Waals surface area contributed by atoms with Crippen LogP contribution in [0.5, 0.6) is 0 Å². The van der Waals surface area contributed by atoms with Crippen molar-refractivity contribution in [2.75, 3.05) is 0 Å². The van der Waals surface area contributed by atoms with Crippen LogP contribution >= 0.6 is 23.4 Å². The minimum atomic E-state index is -0.473. The average molecular weight is 389 g/mol. The molecule has 0 unspecified atom stereocenters. The second kappa shape index (κ2) is 7.31. The molecule has 1 saturated heterocycles. The van der Waals surface area contributed by atoms with Crippen LogP contribution in [-0.2, 0) is 11.3 Å². The van der Waals surface area contributed by atoms with Crippen LogP contribution < -0.4 is 0 Å². The van der Waals surface area contributed by atoms with E-state index in [1.165, 1.54) is 12.1 Å². The third-order valence-electron chi connectivity index (χ3n) is 3.86. The SMILES string of the molecule is Cc1ccc(/C=C2/SC(=O)N(Cc3ccc(Cl)cc3)C2=O)cc1[N+](=O)[O-]. The molecule has 0 bridgehead atoms. The number of hydrogen-bond donors (Lipinski definition) is 0. The Morgan fingerprint density at radius 2 is 1.88 bits per heavy atom. The van der Waals surface area contributed by atoms with Gasteiger partial charge in [0, 0.05) is 16.7 Å². The zero-order valence-corrected chi connectivity index (χ0v) is 15.2. The maximum Gasteiger partial charge on any atom is 0.293 e. The highest BCUT2D eigenvalue weighted by Crippen LogP contribution is 2.34. The number of nitro groups is 1. The molecule has 1 fully saturated rings. The van der Waals surface area contributed by atoms with Crippen LogP contribution in [0, 0.1) is 17.0 Å². The molecular weight excluding hydrogens is 376 g/mol. The minimum Gasteiger partial charge on any atom is -0.268 e. The lowest BCUT2D eigenvalue weighted by Crippen LogP contribution is -2.27. The van der Waals surface area contributed by atoms with Crippen molar-refractivity contribution < 1.29 is 14.5 Å². The second-order valence-electron chi connectivity index (χ2n) is 5.70. The minimum absolute atomic E-state index is 0.0286. The Labute approximate surface area is 158 Å². The Morgan fingerprint density at radius 3 is 2.54 bits per heavy atom. The molecule has 0 radical (unpaired) electrons. The number of rotatable bonds is 4. The van der Waals surface area contributed by atoms with Crippen molar-refractivity contribution in [3.8, 4) is 0 Å². The molecule has 0 spiro atoms. The Hall–Kier alpha value is -2.64. The maximum atomic E-state index is 12.5. The molecule has 2 aromatic carbocycles. The number of nitro benzene ring substituents is 1. The molecule has 0 aliphatic carbocycles. The molecule has 0 N–H and O–H groups in total. The largest absolute Gasteiger partial charge is 0.293 e. The van der Waals surface area contributed by atoms with E-state index in [0.29, 0.717) is 16.1 Å². The Morgan fingerprint density at radius 1 is 1.19 bits per heavy atom. The third kappa shape index (κ3) is 3.79. The predicted molar refractivity (Wildman–Crippen MR) is 101 cm³/mol. The normalized spacial score (nSPS) is 15.8. The van der Waals surface area contributed by atoms with Gasteiger partial charge in [-0.2, -0.15) is 0 Å². The molecule has 1 heterocycles. The number of carbonyl (C=O) groups is 2. The Kier molecular flexibility index (Phi) is 5.11. The monoisotopic (exact) mass is 388 g/mol. The second-order valence-corrected chi connectivity index (χ2v) is 7.13. The molecular formula is C18H13ClN2O4S. The van der Waals surface area contributed by atoms with Gasteiger partial charge in [0.1, 0.15) is 0 Å². The summed E-state index contributed by atoms with van der Waals surface area (Å²) in [4.78, 5) is 36.7. The summed E-state index contributed by atoms with van der Waals surface area (Å²) in [5, 5.41) is 11.2. The summed E-state index contributed by atoms with van der Waals surface area (Å²) >= 11 is 6.66. The van der Waals surface area contributed by atoms with Crippen molar-refractivity contribution >= 4 is 46.3 Å². The summed E-state index contributed by atoms with van der Waals surface area (Å²) in [7, 11) is 0. The fourth-order valence-electron chi connectivity index (χ4n) is 2.47. The van der Waals surface area contributed by atoms with Gasteiger partial charge < -0.3 is 0 Å². The van der Waals surface area contributed by atoms with E-state index in [2.05, 4.69) is 0 Å². The first-order chi connectivity index (χ1) is 12.3. The topological polar surface area (TPSA) is 80.5 Å². The zero-order chi connectivity index (χ0) is 18.8.